The first-order chi connectivity index (χ1) is 5.15. The van der Waals surface area contributed by atoms with E-state index in [2.05, 4.69) is 4.98 Å². The van der Waals surface area contributed by atoms with Crippen molar-refractivity contribution in [3.63, 3.8) is 0 Å². The Hall–Kier alpha value is -1.58. The van der Waals surface area contributed by atoms with Crippen LogP contribution >= 0.6 is 0 Å². The molecule has 1 rings (SSSR count). The summed E-state index contributed by atoms with van der Waals surface area (Å²) < 4.78 is 0. The van der Waals surface area contributed by atoms with Crippen LogP contribution < -0.4 is 0 Å². The Morgan fingerprint density at radius 1 is 1.73 bits per heavy atom. The van der Waals surface area contributed by atoms with Crippen molar-refractivity contribution in [3.05, 3.63) is 23.0 Å². The molecule has 0 radical (unpaired) electrons. The van der Waals surface area contributed by atoms with Crippen molar-refractivity contribution in [2.24, 2.45) is 0 Å². The molecule has 0 bridgehead atoms. The van der Waals surface area contributed by atoms with Crippen LogP contribution in [-0.2, 0) is 0 Å². The highest BCUT2D eigenvalue weighted by atomic mass is 16.4. The van der Waals surface area contributed by atoms with Crippen molar-refractivity contribution in [2.45, 2.75) is 6.92 Å². The minimum Gasteiger partial charge on any atom is -0.477 e. The normalized spacial score (nSPS) is 9.55. The van der Waals surface area contributed by atoms with Crippen molar-refractivity contribution >= 4 is 12.3 Å². The number of aryl methyl sites for hydroxylation is 1. The molecular formula is C7H7NO3. The largest absolute Gasteiger partial charge is 0.477 e. The standard InChI is InChI=1S/C7H7NO3/c1-4-2-5(7(10)11)8-6(4)3-9/h2-3,8H,1H3,(H,10,11). The van der Waals surface area contributed by atoms with Crippen LogP contribution in [0.5, 0.6) is 0 Å². The van der Waals surface area contributed by atoms with Gasteiger partial charge in [0, 0.05) is 0 Å². The summed E-state index contributed by atoms with van der Waals surface area (Å²) in [6.45, 7) is 1.67. The third kappa shape index (κ3) is 1.29. The van der Waals surface area contributed by atoms with Gasteiger partial charge in [0.2, 0.25) is 0 Å². The molecule has 0 amide bonds. The Kier molecular flexibility index (Phi) is 1.76. The van der Waals surface area contributed by atoms with E-state index in [1.807, 2.05) is 0 Å². The maximum Gasteiger partial charge on any atom is 0.352 e. The van der Waals surface area contributed by atoms with E-state index in [0.717, 1.165) is 0 Å². The molecule has 2 N–H and O–H groups in total. The van der Waals surface area contributed by atoms with Crippen LogP contribution in [0.25, 0.3) is 0 Å². The summed E-state index contributed by atoms with van der Waals surface area (Å²) in [6, 6.07) is 1.42. The van der Waals surface area contributed by atoms with Crippen LogP contribution in [0.1, 0.15) is 26.5 Å². The summed E-state index contributed by atoms with van der Waals surface area (Å²) in [5, 5.41) is 8.47. The third-order valence-electron chi connectivity index (χ3n) is 1.40. The van der Waals surface area contributed by atoms with Gasteiger partial charge in [0.05, 0.1) is 5.69 Å². The fourth-order valence-electron chi connectivity index (χ4n) is 0.812. The summed E-state index contributed by atoms with van der Waals surface area (Å²) in [4.78, 5) is 23.0. The number of nitrogens with one attached hydrogen (secondary N) is 1. The molecule has 0 aliphatic rings. The number of H-pyrrole nitrogens is 1. The van der Waals surface area contributed by atoms with Gasteiger partial charge in [-0.1, -0.05) is 0 Å². The number of carbonyl (C=O) groups excluding carboxylic acids is 1. The minimum absolute atomic E-state index is 0.0459. The average Bonchev–Trinajstić information content (AvgIpc) is 2.31. The number of carbonyl (C=O) groups is 2. The lowest BCUT2D eigenvalue weighted by Crippen LogP contribution is -1.95. The highest BCUT2D eigenvalue weighted by Gasteiger charge is 2.08. The molecule has 0 aromatic carbocycles. The first kappa shape index (κ1) is 7.53. The van der Waals surface area contributed by atoms with Crippen LogP contribution in [0.2, 0.25) is 0 Å². The van der Waals surface area contributed by atoms with Gasteiger partial charge in [-0.05, 0) is 18.6 Å². The predicted octanol–water partition coefficient (Wildman–Crippen LogP) is 0.834. The molecule has 0 fully saturated rings. The van der Waals surface area contributed by atoms with E-state index >= 15 is 0 Å². The van der Waals surface area contributed by atoms with Gasteiger partial charge < -0.3 is 10.1 Å². The summed E-state index contributed by atoms with van der Waals surface area (Å²) in [5.74, 6) is -1.05. The molecule has 1 aromatic heterocycles. The Morgan fingerprint density at radius 2 is 2.36 bits per heavy atom. The second-order valence-corrected chi connectivity index (χ2v) is 2.20. The maximum atomic E-state index is 10.3. The van der Waals surface area contributed by atoms with Crippen molar-refractivity contribution in [1.29, 1.82) is 0 Å². The van der Waals surface area contributed by atoms with Crippen molar-refractivity contribution < 1.29 is 14.7 Å². The van der Waals surface area contributed by atoms with Gasteiger partial charge in [-0.3, -0.25) is 4.79 Å². The number of aldehydes is 1. The molecule has 0 saturated heterocycles. The van der Waals surface area contributed by atoms with Crippen LogP contribution in [0.3, 0.4) is 0 Å². The Balaban J connectivity index is 3.14. The van der Waals surface area contributed by atoms with Gasteiger partial charge in [-0.2, -0.15) is 0 Å². The number of aromatic nitrogens is 1. The molecule has 0 atom stereocenters. The molecular weight excluding hydrogens is 146 g/mol. The maximum absolute atomic E-state index is 10.3. The van der Waals surface area contributed by atoms with Crippen LogP contribution in [0.4, 0.5) is 0 Å². The number of aromatic carboxylic acids is 1. The molecule has 4 nitrogen and oxygen atoms in total. The SMILES string of the molecule is Cc1cc(C(=O)O)[nH]c1C=O. The second kappa shape index (κ2) is 2.57. The zero-order valence-electron chi connectivity index (χ0n) is 5.92. The Labute approximate surface area is 62.9 Å². The molecule has 0 aliphatic carbocycles. The van der Waals surface area contributed by atoms with Crippen LogP contribution in [0.15, 0.2) is 6.07 Å². The monoisotopic (exact) mass is 153 g/mol. The number of carboxylic acid groups (broad SMARTS) is 1. The topological polar surface area (TPSA) is 70.2 Å². The first-order valence-corrected chi connectivity index (χ1v) is 3.03. The molecule has 4 heteroatoms. The number of aromatic amines is 1. The number of hydrogen-bond acceptors (Lipinski definition) is 2. The van der Waals surface area contributed by atoms with E-state index in [1.54, 1.807) is 6.92 Å². The molecule has 0 saturated carbocycles. The van der Waals surface area contributed by atoms with E-state index in [1.165, 1.54) is 6.07 Å². The van der Waals surface area contributed by atoms with Gasteiger partial charge in [-0.15, -0.1) is 0 Å². The fraction of sp³-hybridized carbons (Fsp3) is 0.143. The first-order valence-electron chi connectivity index (χ1n) is 3.03. The number of carboxylic acids is 1. The van der Waals surface area contributed by atoms with Gasteiger partial charge in [0.15, 0.2) is 6.29 Å². The molecule has 0 aliphatic heterocycles. The molecule has 0 spiro atoms. The molecule has 58 valence electrons. The van der Waals surface area contributed by atoms with E-state index in [-0.39, 0.29) is 5.69 Å². The minimum atomic E-state index is -1.05. The average molecular weight is 153 g/mol. The van der Waals surface area contributed by atoms with Gasteiger partial charge in [-0.25, -0.2) is 4.79 Å². The summed E-state index contributed by atoms with van der Waals surface area (Å²) in [5.41, 5.74) is 1.02. The number of hydrogen-bond donors (Lipinski definition) is 2. The molecule has 1 heterocycles. The fourth-order valence-corrected chi connectivity index (χ4v) is 0.812. The highest BCUT2D eigenvalue weighted by Crippen LogP contribution is 2.06. The third-order valence-corrected chi connectivity index (χ3v) is 1.40. The lowest BCUT2D eigenvalue weighted by molar-refractivity contribution is 0.0691. The highest BCUT2D eigenvalue weighted by molar-refractivity contribution is 5.88. The molecule has 1 aromatic rings. The summed E-state index contributed by atoms with van der Waals surface area (Å²) >= 11 is 0. The smallest absolute Gasteiger partial charge is 0.352 e. The zero-order chi connectivity index (χ0) is 8.43. The van der Waals surface area contributed by atoms with Gasteiger partial charge >= 0.3 is 5.97 Å². The van der Waals surface area contributed by atoms with E-state index in [0.29, 0.717) is 17.5 Å². The van der Waals surface area contributed by atoms with Crippen molar-refractivity contribution in [1.82, 2.24) is 4.98 Å². The van der Waals surface area contributed by atoms with Gasteiger partial charge in [0.25, 0.3) is 0 Å². The second-order valence-electron chi connectivity index (χ2n) is 2.20. The van der Waals surface area contributed by atoms with Gasteiger partial charge in [0.1, 0.15) is 5.69 Å². The van der Waals surface area contributed by atoms with E-state index in [4.69, 9.17) is 5.11 Å². The van der Waals surface area contributed by atoms with Crippen molar-refractivity contribution in [3.8, 4) is 0 Å². The lowest BCUT2D eigenvalue weighted by Gasteiger charge is -1.83. The Morgan fingerprint density at radius 3 is 2.64 bits per heavy atom. The Bertz CT molecular complexity index is 301. The van der Waals surface area contributed by atoms with Crippen molar-refractivity contribution in [2.75, 3.05) is 0 Å². The van der Waals surface area contributed by atoms with E-state index in [9.17, 15) is 9.59 Å². The lowest BCUT2D eigenvalue weighted by atomic mass is 10.3. The summed E-state index contributed by atoms with van der Waals surface area (Å²) in [7, 11) is 0. The molecule has 11 heavy (non-hydrogen) atoms. The predicted molar refractivity (Wildman–Crippen MR) is 37.9 cm³/mol. The molecule has 0 unspecified atom stereocenters. The van der Waals surface area contributed by atoms with Crippen LogP contribution in [0, 0.1) is 6.92 Å². The number of rotatable bonds is 2. The van der Waals surface area contributed by atoms with Crippen LogP contribution in [-0.4, -0.2) is 22.3 Å². The quantitative estimate of drug-likeness (QED) is 0.618. The van der Waals surface area contributed by atoms with E-state index < -0.39 is 5.97 Å². The summed E-state index contributed by atoms with van der Waals surface area (Å²) in [6.07, 6.45) is 0.599. The zero-order valence-corrected chi connectivity index (χ0v) is 5.92.